The molecule has 5 heteroatoms. The molecule has 20 heavy (non-hydrogen) atoms. The Bertz CT molecular complexity index is 598. The number of rotatable bonds is 3. The average Bonchev–Trinajstić information content (AvgIpc) is 2.49. The zero-order valence-electron chi connectivity index (χ0n) is 11.8. The summed E-state index contributed by atoms with van der Waals surface area (Å²) >= 11 is 0. The van der Waals surface area contributed by atoms with Gasteiger partial charge in [-0.3, -0.25) is 0 Å². The highest BCUT2D eigenvalue weighted by atomic mass is 15.1. The van der Waals surface area contributed by atoms with Crippen LogP contribution in [0.1, 0.15) is 25.7 Å². The normalized spacial score (nSPS) is 22.7. The molecule has 5 nitrogen and oxygen atoms in total. The topological polar surface area (TPSA) is 75.9 Å². The third-order valence-electron chi connectivity index (χ3n) is 3.95. The molecule has 1 heterocycles. The van der Waals surface area contributed by atoms with Crippen LogP contribution in [0.3, 0.4) is 0 Å². The third-order valence-corrected chi connectivity index (χ3v) is 3.95. The van der Waals surface area contributed by atoms with Crippen molar-refractivity contribution in [3.8, 4) is 0 Å². The monoisotopic (exact) mass is 271 g/mol. The molecule has 1 aliphatic rings. The maximum absolute atomic E-state index is 6.20. The highest BCUT2D eigenvalue weighted by molar-refractivity contribution is 5.80. The Balaban J connectivity index is 1.92. The number of para-hydroxylation sites is 2. The summed E-state index contributed by atoms with van der Waals surface area (Å²) in [4.78, 5) is 9.29. The molecule has 1 aliphatic carbocycles. The van der Waals surface area contributed by atoms with Crippen molar-refractivity contribution in [1.29, 1.82) is 0 Å². The van der Waals surface area contributed by atoms with Gasteiger partial charge < -0.3 is 16.4 Å². The maximum atomic E-state index is 6.20. The van der Waals surface area contributed by atoms with Crippen LogP contribution < -0.4 is 16.4 Å². The van der Waals surface area contributed by atoms with Gasteiger partial charge in [0, 0.05) is 19.1 Å². The average molecular weight is 271 g/mol. The summed E-state index contributed by atoms with van der Waals surface area (Å²) in [5.41, 5.74) is 8.00. The van der Waals surface area contributed by atoms with Crippen LogP contribution in [0.2, 0.25) is 0 Å². The van der Waals surface area contributed by atoms with E-state index in [1.54, 1.807) is 0 Å². The van der Waals surface area contributed by atoms with Gasteiger partial charge in [-0.2, -0.15) is 0 Å². The predicted molar refractivity (Wildman–Crippen MR) is 82.9 cm³/mol. The van der Waals surface area contributed by atoms with Crippen molar-refractivity contribution in [1.82, 2.24) is 9.97 Å². The Morgan fingerprint density at radius 3 is 2.35 bits per heavy atom. The first kappa shape index (κ1) is 13.1. The summed E-state index contributed by atoms with van der Waals surface area (Å²) in [6, 6.07) is 8.38. The Labute approximate surface area is 119 Å². The molecular weight excluding hydrogens is 250 g/mol. The molecule has 1 saturated carbocycles. The molecule has 0 spiro atoms. The van der Waals surface area contributed by atoms with Gasteiger partial charge in [0.2, 0.25) is 0 Å². The van der Waals surface area contributed by atoms with Crippen LogP contribution in [-0.2, 0) is 0 Å². The first-order valence-electron chi connectivity index (χ1n) is 7.24. The molecule has 0 unspecified atom stereocenters. The lowest BCUT2D eigenvalue weighted by atomic mass is 9.91. The summed E-state index contributed by atoms with van der Waals surface area (Å²) in [6.45, 7) is 0. The van der Waals surface area contributed by atoms with Gasteiger partial charge in [0.1, 0.15) is 0 Å². The SMILES string of the molecule is CNc1nc2ccccc2nc1N[C@H]1CCCC[C@H]1N. The molecule has 0 radical (unpaired) electrons. The van der Waals surface area contributed by atoms with Gasteiger partial charge in [-0.1, -0.05) is 25.0 Å². The van der Waals surface area contributed by atoms with Gasteiger partial charge in [-0.05, 0) is 25.0 Å². The molecule has 106 valence electrons. The van der Waals surface area contributed by atoms with E-state index in [1.807, 2.05) is 31.3 Å². The fraction of sp³-hybridized carbons (Fsp3) is 0.467. The second-order valence-electron chi connectivity index (χ2n) is 5.36. The van der Waals surface area contributed by atoms with Gasteiger partial charge in [0.05, 0.1) is 11.0 Å². The van der Waals surface area contributed by atoms with Crippen molar-refractivity contribution in [3.63, 3.8) is 0 Å². The van der Waals surface area contributed by atoms with Crippen molar-refractivity contribution >= 4 is 22.7 Å². The van der Waals surface area contributed by atoms with Crippen LogP contribution in [0.4, 0.5) is 11.6 Å². The number of nitrogens with one attached hydrogen (secondary N) is 2. The minimum Gasteiger partial charge on any atom is -0.370 e. The standard InChI is InChI=1S/C15H21N5/c1-17-14-15(18-11-7-3-2-6-10(11)16)20-13-9-5-4-8-12(13)19-14/h4-5,8-11H,2-3,6-7,16H2,1H3,(H,17,19)(H,18,20)/t10-,11+/m1/s1. The second-order valence-corrected chi connectivity index (χ2v) is 5.36. The van der Waals surface area contributed by atoms with Crippen LogP contribution in [0, 0.1) is 0 Å². The molecule has 2 atom stereocenters. The Morgan fingerprint density at radius 2 is 1.70 bits per heavy atom. The number of nitrogens with zero attached hydrogens (tertiary/aromatic N) is 2. The molecule has 4 N–H and O–H groups in total. The van der Waals surface area contributed by atoms with E-state index in [-0.39, 0.29) is 12.1 Å². The highest BCUT2D eigenvalue weighted by Crippen LogP contribution is 2.25. The smallest absolute Gasteiger partial charge is 0.170 e. The number of anilines is 2. The highest BCUT2D eigenvalue weighted by Gasteiger charge is 2.23. The van der Waals surface area contributed by atoms with Crippen LogP contribution in [0.25, 0.3) is 11.0 Å². The van der Waals surface area contributed by atoms with Crippen LogP contribution in [0.5, 0.6) is 0 Å². The summed E-state index contributed by atoms with van der Waals surface area (Å²) in [7, 11) is 1.87. The molecule has 0 amide bonds. The molecule has 0 bridgehead atoms. The molecule has 0 saturated heterocycles. The van der Waals surface area contributed by atoms with E-state index in [9.17, 15) is 0 Å². The van der Waals surface area contributed by atoms with E-state index in [1.165, 1.54) is 12.8 Å². The number of hydrogen-bond donors (Lipinski definition) is 3. The van der Waals surface area contributed by atoms with Gasteiger partial charge in [0.25, 0.3) is 0 Å². The lowest BCUT2D eigenvalue weighted by molar-refractivity contribution is 0.403. The van der Waals surface area contributed by atoms with Gasteiger partial charge in [-0.15, -0.1) is 0 Å². The van der Waals surface area contributed by atoms with Crippen molar-refractivity contribution < 1.29 is 0 Å². The molecule has 1 aromatic carbocycles. The Hall–Kier alpha value is -1.88. The van der Waals surface area contributed by atoms with E-state index in [2.05, 4.69) is 20.6 Å². The van der Waals surface area contributed by atoms with Crippen LogP contribution >= 0.6 is 0 Å². The first-order chi connectivity index (χ1) is 9.78. The Morgan fingerprint density at radius 1 is 1.05 bits per heavy atom. The first-order valence-corrected chi connectivity index (χ1v) is 7.24. The zero-order valence-corrected chi connectivity index (χ0v) is 11.8. The number of benzene rings is 1. The summed E-state index contributed by atoms with van der Waals surface area (Å²) in [5.74, 6) is 1.58. The van der Waals surface area contributed by atoms with E-state index in [0.29, 0.717) is 0 Å². The van der Waals surface area contributed by atoms with E-state index in [0.717, 1.165) is 35.5 Å². The quantitative estimate of drug-likeness (QED) is 0.799. The van der Waals surface area contributed by atoms with E-state index < -0.39 is 0 Å². The van der Waals surface area contributed by atoms with Gasteiger partial charge >= 0.3 is 0 Å². The van der Waals surface area contributed by atoms with Crippen LogP contribution in [0.15, 0.2) is 24.3 Å². The van der Waals surface area contributed by atoms with Crippen molar-refractivity contribution in [3.05, 3.63) is 24.3 Å². The van der Waals surface area contributed by atoms with Crippen LogP contribution in [-0.4, -0.2) is 29.1 Å². The number of fused-ring (bicyclic) bond motifs is 1. The summed E-state index contributed by atoms with van der Waals surface area (Å²) in [6.07, 6.45) is 4.62. The fourth-order valence-corrected chi connectivity index (χ4v) is 2.79. The minimum absolute atomic E-state index is 0.196. The molecule has 1 fully saturated rings. The molecular formula is C15H21N5. The summed E-state index contributed by atoms with van der Waals surface area (Å²) in [5, 5.41) is 6.60. The van der Waals surface area contributed by atoms with Gasteiger partial charge in [-0.25, -0.2) is 9.97 Å². The van der Waals surface area contributed by atoms with Gasteiger partial charge in [0.15, 0.2) is 11.6 Å². The van der Waals surface area contributed by atoms with Crippen molar-refractivity contribution in [2.45, 2.75) is 37.8 Å². The maximum Gasteiger partial charge on any atom is 0.170 e. The number of hydrogen-bond acceptors (Lipinski definition) is 5. The summed E-state index contributed by atoms with van der Waals surface area (Å²) < 4.78 is 0. The zero-order chi connectivity index (χ0) is 13.9. The predicted octanol–water partition coefficient (Wildman–Crippen LogP) is 2.35. The number of nitrogens with two attached hydrogens (primary N) is 1. The number of aromatic nitrogens is 2. The molecule has 1 aromatic heterocycles. The van der Waals surface area contributed by atoms with Crippen molar-refractivity contribution in [2.75, 3.05) is 17.7 Å². The largest absolute Gasteiger partial charge is 0.370 e. The Kier molecular flexibility index (Phi) is 3.69. The minimum atomic E-state index is 0.196. The van der Waals surface area contributed by atoms with E-state index >= 15 is 0 Å². The molecule has 2 aromatic rings. The third kappa shape index (κ3) is 2.54. The lowest BCUT2D eigenvalue weighted by Crippen LogP contribution is -2.42. The lowest BCUT2D eigenvalue weighted by Gasteiger charge is -2.30. The van der Waals surface area contributed by atoms with E-state index in [4.69, 9.17) is 5.73 Å². The molecule has 3 rings (SSSR count). The van der Waals surface area contributed by atoms with Crippen molar-refractivity contribution in [2.24, 2.45) is 5.73 Å². The fourth-order valence-electron chi connectivity index (χ4n) is 2.79. The second kappa shape index (κ2) is 5.63. The molecule has 0 aliphatic heterocycles.